The molecule has 166 valence electrons. The number of hydrogen-bond donors (Lipinski definition) is 0. The molecule has 0 aromatic heterocycles. The topological polar surface area (TPSA) is 18.5 Å². The van der Waals surface area contributed by atoms with Crippen molar-refractivity contribution >= 4 is 0 Å². The Bertz CT molecular complexity index is 804. The summed E-state index contributed by atoms with van der Waals surface area (Å²) < 4.78 is 99.1. The highest BCUT2D eigenvalue weighted by molar-refractivity contribution is 5.31. The second kappa shape index (κ2) is 10.0. The zero-order chi connectivity index (χ0) is 22.4. The van der Waals surface area contributed by atoms with Gasteiger partial charge in [-0.25, -0.2) is 8.78 Å². The predicted molar refractivity (Wildman–Crippen MR) is 96.9 cm³/mol. The quantitative estimate of drug-likeness (QED) is 0.293. The van der Waals surface area contributed by atoms with Crippen molar-refractivity contribution in [3.63, 3.8) is 0 Å². The first-order valence-corrected chi connectivity index (χ1v) is 9.30. The van der Waals surface area contributed by atoms with Gasteiger partial charge in [-0.3, -0.25) is 0 Å². The zero-order valence-corrected chi connectivity index (χ0v) is 16.1. The number of aryl methyl sites for hydroxylation is 1. The van der Waals surface area contributed by atoms with Crippen molar-refractivity contribution in [1.82, 2.24) is 0 Å². The van der Waals surface area contributed by atoms with Gasteiger partial charge in [0.1, 0.15) is 12.4 Å². The van der Waals surface area contributed by atoms with Gasteiger partial charge in [0.25, 0.3) is 6.17 Å². The Labute approximate surface area is 169 Å². The molecule has 0 fully saturated rings. The van der Waals surface area contributed by atoms with Crippen LogP contribution in [0.5, 0.6) is 11.5 Å². The minimum atomic E-state index is -5.76. The Morgan fingerprint density at radius 1 is 0.900 bits per heavy atom. The first-order valence-electron chi connectivity index (χ1n) is 9.30. The molecule has 2 nitrogen and oxygen atoms in total. The van der Waals surface area contributed by atoms with Crippen LogP contribution < -0.4 is 9.47 Å². The summed E-state index contributed by atoms with van der Waals surface area (Å²) in [6, 6.07) is 9.00. The van der Waals surface area contributed by atoms with Crippen LogP contribution in [-0.4, -0.2) is 18.5 Å². The standard InChI is InChI=1S/C21H21F7O2/c1-2-3-4-5-14-8-11-18(17(22)12-14)29-13-15-6-9-16(10-7-15)30-21(27,28)19(23)20(24,25)26/h6-12,19H,2-5,13H2,1H3. The Kier molecular flexibility index (Phi) is 7.97. The minimum absolute atomic E-state index is 0.00606. The van der Waals surface area contributed by atoms with Gasteiger partial charge < -0.3 is 9.47 Å². The number of benzene rings is 2. The SMILES string of the molecule is CCCCCc1ccc(OCc2ccc(OC(F)(F)C(F)C(F)(F)F)cc2)c(F)c1. The molecule has 2 aromatic rings. The average molecular weight is 438 g/mol. The van der Waals surface area contributed by atoms with Gasteiger partial charge in [0, 0.05) is 0 Å². The predicted octanol–water partition coefficient (Wildman–Crippen LogP) is 7.01. The van der Waals surface area contributed by atoms with Crippen LogP contribution in [0.4, 0.5) is 30.7 Å². The van der Waals surface area contributed by atoms with E-state index >= 15 is 0 Å². The molecule has 0 aliphatic carbocycles. The van der Waals surface area contributed by atoms with E-state index in [1.165, 1.54) is 24.3 Å². The summed E-state index contributed by atoms with van der Waals surface area (Å²) in [5, 5.41) is 0. The average Bonchev–Trinajstić information content (AvgIpc) is 2.67. The maximum atomic E-state index is 14.1. The summed E-state index contributed by atoms with van der Waals surface area (Å²) in [4.78, 5) is 0. The molecule has 0 heterocycles. The fourth-order valence-electron chi connectivity index (χ4n) is 2.61. The first-order chi connectivity index (χ1) is 14.0. The molecule has 0 aliphatic rings. The van der Waals surface area contributed by atoms with Gasteiger partial charge in [-0.05, 0) is 48.2 Å². The number of hydrogen-bond acceptors (Lipinski definition) is 2. The summed E-state index contributed by atoms with van der Waals surface area (Å²) >= 11 is 0. The van der Waals surface area contributed by atoms with Crippen LogP contribution in [0, 0.1) is 5.82 Å². The first kappa shape index (κ1) is 23.8. The van der Waals surface area contributed by atoms with Crippen LogP contribution in [0.3, 0.4) is 0 Å². The molecule has 0 saturated carbocycles. The van der Waals surface area contributed by atoms with Gasteiger partial charge in [0.05, 0.1) is 0 Å². The van der Waals surface area contributed by atoms with E-state index in [0.29, 0.717) is 5.56 Å². The minimum Gasteiger partial charge on any atom is -0.486 e. The molecule has 2 rings (SSSR count). The summed E-state index contributed by atoms with van der Waals surface area (Å²) in [6.45, 7) is 1.96. The van der Waals surface area contributed by atoms with E-state index in [4.69, 9.17) is 4.74 Å². The Balaban J connectivity index is 1.93. The maximum Gasteiger partial charge on any atom is 0.439 e. The van der Waals surface area contributed by atoms with Crippen molar-refractivity contribution in [2.75, 3.05) is 0 Å². The molecular weight excluding hydrogens is 417 g/mol. The lowest BCUT2D eigenvalue weighted by Crippen LogP contribution is -2.45. The lowest BCUT2D eigenvalue weighted by Gasteiger charge is -2.23. The number of alkyl halides is 6. The molecule has 0 amide bonds. The molecule has 0 bridgehead atoms. The molecule has 0 radical (unpaired) electrons. The van der Waals surface area contributed by atoms with Gasteiger partial charge in [-0.2, -0.15) is 22.0 Å². The lowest BCUT2D eigenvalue weighted by atomic mass is 10.1. The Morgan fingerprint density at radius 2 is 1.53 bits per heavy atom. The summed E-state index contributed by atoms with van der Waals surface area (Å²) in [5.74, 6) is -1.19. The Morgan fingerprint density at radius 3 is 2.10 bits per heavy atom. The fourth-order valence-corrected chi connectivity index (χ4v) is 2.61. The van der Waals surface area contributed by atoms with Crippen LogP contribution in [0.25, 0.3) is 0 Å². The molecule has 2 aromatic carbocycles. The second-order valence-electron chi connectivity index (χ2n) is 6.72. The van der Waals surface area contributed by atoms with E-state index < -0.39 is 30.0 Å². The lowest BCUT2D eigenvalue weighted by molar-refractivity contribution is -0.304. The highest BCUT2D eigenvalue weighted by Crippen LogP contribution is 2.36. The molecule has 0 aliphatic heterocycles. The third kappa shape index (κ3) is 6.81. The summed E-state index contributed by atoms with van der Waals surface area (Å²) in [7, 11) is 0. The smallest absolute Gasteiger partial charge is 0.439 e. The van der Waals surface area contributed by atoms with Crippen molar-refractivity contribution in [3.8, 4) is 11.5 Å². The number of unbranched alkanes of at least 4 members (excludes halogenated alkanes) is 2. The molecule has 0 saturated heterocycles. The summed E-state index contributed by atoms with van der Waals surface area (Å²) in [5.41, 5.74) is 1.27. The zero-order valence-electron chi connectivity index (χ0n) is 16.1. The molecule has 1 unspecified atom stereocenters. The van der Waals surface area contributed by atoms with E-state index in [2.05, 4.69) is 11.7 Å². The van der Waals surface area contributed by atoms with Crippen LogP contribution in [-0.2, 0) is 13.0 Å². The molecule has 30 heavy (non-hydrogen) atoms. The van der Waals surface area contributed by atoms with E-state index in [-0.39, 0.29) is 12.4 Å². The van der Waals surface area contributed by atoms with Gasteiger partial charge in [0.2, 0.25) is 0 Å². The number of halogens is 7. The van der Waals surface area contributed by atoms with Crippen molar-refractivity contribution in [1.29, 1.82) is 0 Å². The highest BCUT2D eigenvalue weighted by Gasteiger charge is 2.59. The van der Waals surface area contributed by atoms with E-state index in [1.807, 2.05) is 0 Å². The van der Waals surface area contributed by atoms with E-state index in [9.17, 15) is 30.7 Å². The van der Waals surface area contributed by atoms with E-state index in [1.54, 1.807) is 6.07 Å². The van der Waals surface area contributed by atoms with Crippen LogP contribution >= 0.6 is 0 Å². The third-order valence-electron chi connectivity index (χ3n) is 4.22. The van der Waals surface area contributed by atoms with Crippen molar-refractivity contribution in [3.05, 3.63) is 59.4 Å². The summed E-state index contributed by atoms with van der Waals surface area (Å²) in [6.07, 6.45) is -11.5. The Hall–Kier alpha value is -2.45. The van der Waals surface area contributed by atoms with Gasteiger partial charge in [0.15, 0.2) is 11.6 Å². The van der Waals surface area contributed by atoms with Crippen LogP contribution in [0.1, 0.15) is 37.3 Å². The number of ether oxygens (including phenoxy) is 2. The molecule has 0 spiro atoms. The van der Waals surface area contributed by atoms with Crippen molar-refractivity contribution in [2.45, 2.75) is 57.7 Å². The van der Waals surface area contributed by atoms with Gasteiger partial charge >= 0.3 is 12.3 Å². The van der Waals surface area contributed by atoms with Crippen molar-refractivity contribution in [2.24, 2.45) is 0 Å². The molecule has 0 N–H and O–H groups in total. The largest absolute Gasteiger partial charge is 0.486 e. The molecular formula is C21H21F7O2. The van der Waals surface area contributed by atoms with Crippen molar-refractivity contribution < 1.29 is 40.2 Å². The fraction of sp³-hybridized carbons (Fsp3) is 0.429. The normalized spacial score (nSPS) is 13.2. The molecule has 1 atom stereocenters. The monoisotopic (exact) mass is 438 g/mol. The number of rotatable bonds is 10. The van der Waals surface area contributed by atoms with Crippen LogP contribution in [0.2, 0.25) is 0 Å². The highest BCUT2D eigenvalue weighted by atomic mass is 19.4. The maximum absolute atomic E-state index is 14.1. The van der Waals surface area contributed by atoms with E-state index in [0.717, 1.165) is 43.4 Å². The van der Waals surface area contributed by atoms with Gasteiger partial charge in [-0.15, -0.1) is 0 Å². The van der Waals surface area contributed by atoms with Gasteiger partial charge in [-0.1, -0.05) is 38.0 Å². The van der Waals surface area contributed by atoms with Crippen LogP contribution in [0.15, 0.2) is 42.5 Å². The molecule has 9 heteroatoms. The second-order valence-corrected chi connectivity index (χ2v) is 6.72. The third-order valence-corrected chi connectivity index (χ3v) is 4.22.